The monoisotopic (exact) mass is 288 g/mol. The highest BCUT2D eigenvalue weighted by Crippen LogP contribution is 2.30. The van der Waals surface area contributed by atoms with Crippen LogP contribution in [0.1, 0.15) is 15.9 Å². The summed E-state index contributed by atoms with van der Waals surface area (Å²) in [5.41, 5.74) is 5.95. The second kappa shape index (κ2) is 5.55. The second-order valence-electron chi connectivity index (χ2n) is 3.76. The summed E-state index contributed by atoms with van der Waals surface area (Å²) in [5, 5.41) is 9.44. The van der Waals surface area contributed by atoms with Crippen molar-refractivity contribution in [3.8, 4) is 23.3 Å². The number of methoxy groups -OCH3 is 1. The number of benzene rings is 1. The fourth-order valence-electron chi connectivity index (χ4n) is 1.66. The number of nitrogens with zero attached hydrogens (tertiary/aromatic N) is 3. The van der Waals surface area contributed by atoms with Gasteiger partial charge in [0.15, 0.2) is 5.82 Å². The van der Waals surface area contributed by atoms with Crippen molar-refractivity contribution in [3.05, 3.63) is 40.5 Å². The molecule has 1 amide bonds. The van der Waals surface area contributed by atoms with Crippen molar-refractivity contribution in [1.82, 2.24) is 9.97 Å². The Morgan fingerprint density at radius 1 is 1.50 bits per heavy atom. The number of rotatable bonds is 3. The number of hydrogen-bond acceptors (Lipinski definition) is 5. The van der Waals surface area contributed by atoms with Gasteiger partial charge in [-0.25, -0.2) is 4.98 Å². The van der Waals surface area contributed by atoms with Crippen molar-refractivity contribution in [2.24, 2.45) is 5.73 Å². The standard InChI is InChI=1S/C13H9ClN4O2/c1-20-13-8(11(16)19)6-17-12(18-13)10-7(5-15)3-2-4-9(10)14/h2-4,6H,1H3,(H2,16,19). The predicted molar refractivity (Wildman–Crippen MR) is 72.3 cm³/mol. The van der Waals surface area contributed by atoms with Crippen LogP contribution in [-0.4, -0.2) is 23.0 Å². The van der Waals surface area contributed by atoms with E-state index in [1.54, 1.807) is 18.2 Å². The zero-order valence-corrected chi connectivity index (χ0v) is 11.2. The molecule has 0 aliphatic carbocycles. The summed E-state index contributed by atoms with van der Waals surface area (Å²) in [4.78, 5) is 19.3. The van der Waals surface area contributed by atoms with Crippen molar-refractivity contribution in [2.75, 3.05) is 7.11 Å². The van der Waals surface area contributed by atoms with Gasteiger partial charge >= 0.3 is 0 Å². The zero-order valence-electron chi connectivity index (χ0n) is 10.4. The zero-order chi connectivity index (χ0) is 14.7. The first-order valence-corrected chi connectivity index (χ1v) is 5.86. The maximum atomic E-state index is 11.2. The minimum Gasteiger partial charge on any atom is -0.480 e. The third-order valence-electron chi connectivity index (χ3n) is 2.57. The molecule has 0 fully saturated rings. The molecule has 0 spiro atoms. The minimum atomic E-state index is -0.701. The Labute approximate surface area is 119 Å². The molecule has 0 bridgehead atoms. The van der Waals surface area contributed by atoms with Crippen molar-refractivity contribution in [3.63, 3.8) is 0 Å². The Morgan fingerprint density at radius 3 is 2.85 bits per heavy atom. The van der Waals surface area contributed by atoms with Crippen LogP contribution in [0, 0.1) is 11.3 Å². The van der Waals surface area contributed by atoms with Gasteiger partial charge in [0.1, 0.15) is 5.56 Å². The van der Waals surface area contributed by atoms with Gasteiger partial charge in [0.25, 0.3) is 5.91 Å². The normalized spacial score (nSPS) is 9.85. The van der Waals surface area contributed by atoms with E-state index in [2.05, 4.69) is 9.97 Å². The van der Waals surface area contributed by atoms with E-state index >= 15 is 0 Å². The van der Waals surface area contributed by atoms with Crippen LogP contribution in [0.25, 0.3) is 11.4 Å². The summed E-state index contributed by atoms with van der Waals surface area (Å²) in [6.07, 6.45) is 1.24. The first-order chi connectivity index (χ1) is 9.58. The SMILES string of the molecule is COc1nc(-c2c(Cl)cccc2C#N)ncc1C(N)=O. The Kier molecular flexibility index (Phi) is 3.82. The van der Waals surface area contributed by atoms with E-state index < -0.39 is 5.91 Å². The predicted octanol–water partition coefficient (Wildman–Crippen LogP) is 1.78. The number of hydrogen-bond donors (Lipinski definition) is 1. The number of carbonyl (C=O) groups is 1. The highest BCUT2D eigenvalue weighted by Gasteiger charge is 2.17. The van der Waals surface area contributed by atoms with Crippen molar-refractivity contribution in [2.45, 2.75) is 0 Å². The van der Waals surface area contributed by atoms with Crippen LogP contribution in [0.5, 0.6) is 5.88 Å². The maximum absolute atomic E-state index is 11.2. The topological polar surface area (TPSA) is 102 Å². The molecular formula is C13H9ClN4O2. The van der Waals surface area contributed by atoms with Gasteiger partial charge in [0.05, 0.1) is 29.3 Å². The van der Waals surface area contributed by atoms with Crippen LogP contribution < -0.4 is 10.5 Å². The molecule has 0 saturated heterocycles. The van der Waals surface area contributed by atoms with Gasteiger partial charge in [-0.3, -0.25) is 4.79 Å². The van der Waals surface area contributed by atoms with Crippen LogP contribution in [0.3, 0.4) is 0 Å². The van der Waals surface area contributed by atoms with Crippen molar-refractivity contribution >= 4 is 17.5 Å². The minimum absolute atomic E-state index is 0.0336. The van der Waals surface area contributed by atoms with Gasteiger partial charge in [-0.05, 0) is 12.1 Å². The molecule has 20 heavy (non-hydrogen) atoms. The van der Waals surface area contributed by atoms with Crippen LogP contribution in [0.4, 0.5) is 0 Å². The lowest BCUT2D eigenvalue weighted by Gasteiger charge is -2.08. The first kappa shape index (κ1) is 13.8. The smallest absolute Gasteiger partial charge is 0.255 e. The average molecular weight is 289 g/mol. The number of aromatic nitrogens is 2. The number of nitrogens with two attached hydrogens (primary N) is 1. The van der Waals surface area contributed by atoms with Gasteiger partial charge in [-0.2, -0.15) is 10.2 Å². The molecule has 2 aromatic rings. The molecular weight excluding hydrogens is 280 g/mol. The number of carbonyl (C=O) groups excluding carboxylic acids is 1. The molecule has 0 saturated carbocycles. The molecule has 0 atom stereocenters. The fourth-order valence-corrected chi connectivity index (χ4v) is 1.91. The molecule has 0 aliphatic rings. The highest BCUT2D eigenvalue weighted by atomic mass is 35.5. The summed E-state index contributed by atoms with van der Waals surface area (Å²) < 4.78 is 5.00. The number of halogens is 1. The van der Waals surface area contributed by atoms with E-state index in [1.807, 2.05) is 6.07 Å². The summed E-state index contributed by atoms with van der Waals surface area (Å²) in [6, 6.07) is 6.88. The second-order valence-corrected chi connectivity index (χ2v) is 4.16. The Hall–Kier alpha value is -2.65. The third kappa shape index (κ3) is 2.39. The van der Waals surface area contributed by atoms with Crippen LogP contribution in [0.15, 0.2) is 24.4 Å². The maximum Gasteiger partial charge on any atom is 0.255 e. The van der Waals surface area contributed by atoms with Crippen molar-refractivity contribution in [1.29, 1.82) is 5.26 Å². The number of primary amides is 1. The number of amides is 1. The Bertz CT molecular complexity index is 725. The Balaban J connectivity index is 2.66. The Morgan fingerprint density at radius 2 is 2.25 bits per heavy atom. The lowest BCUT2D eigenvalue weighted by atomic mass is 10.1. The molecule has 1 heterocycles. The summed E-state index contributed by atoms with van der Waals surface area (Å²) in [5.74, 6) is -0.478. The largest absolute Gasteiger partial charge is 0.480 e. The van der Waals surface area contributed by atoms with E-state index in [0.29, 0.717) is 16.1 Å². The first-order valence-electron chi connectivity index (χ1n) is 5.48. The molecule has 0 unspecified atom stereocenters. The lowest BCUT2D eigenvalue weighted by molar-refractivity contribution is 0.0996. The van der Waals surface area contributed by atoms with E-state index in [-0.39, 0.29) is 17.3 Å². The van der Waals surface area contributed by atoms with E-state index in [0.717, 1.165) is 0 Å². The average Bonchev–Trinajstić information content (AvgIpc) is 2.46. The molecule has 100 valence electrons. The van der Waals surface area contributed by atoms with Gasteiger partial charge in [0, 0.05) is 6.20 Å². The van der Waals surface area contributed by atoms with Gasteiger partial charge < -0.3 is 10.5 Å². The third-order valence-corrected chi connectivity index (χ3v) is 2.89. The van der Waals surface area contributed by atoms with E-state index in [1.165, 1.54) is 13.3 Å². The molecule has 6 nitrogen and oxygen atoms in total. The van der Waals surface area contributed by atoms with Crippen LogP contribution in [-0.2, 0) is 0 Å². The molecule has 0 aliphatic heterocycles. The van der Waals surface area contributed by atoms with Gasteiger partial charge in [-0.15, -0.1) is 0 Å². The number of ether oxygens (including phenoxy) is 1. The summed E-state index contributed by atoms with van der Waals surface area (Å²) in [7, 11) is 1.36. The lowest BCUT2D eigenvalue weighted by Crippen LogP contribution is -2.14. The van der Waals surface area contributed by atoms with Crippen LogP contribution >= 0.6 is 11.6 Å². The molecule has 2 N–H and O–H groups in total. The summed E-state index contributed by atoms with van der Waals surface area (Å²) in [6.45, 7) is 0. The molecule has 1 aromatic heterocycles. The molecule has 0 radical (unpaired) electrons. The molecule has 7 heteroatoms. The number of nitriles is 1. The highest BCUT2D eigenvalue weighted by molar-refractivity contribution is 6.33. The van der Waals surface area contributed by atoms with E-state index in [4.69, 9.17) is 27.3 Å². The molecule has 1 aromatic carbocycles. The summed E-state index contributed by atoms with van der Waals surface area (Å²) >= 11 is 6.08. The fraction of sp³-hybridized carbons (Fsp3) is 0.0769. The van der Waals surface area contributed by atoms with Crippen LogP contribution in [0.2, 0.25) is 5.02 Å². The van der Waals surface area contributed by atoms with E-state index in [9.17, 15) is 4.79 Å². The quantitative estimate of drug-likeness (QED) is 0.927. The van der Waals surface area contributed by atoms with Crippen molar-refractivity contribution < 1.29 is 9.53 Å². The van der Waals surface area contributed by atoms with Gasteiger partial charge in [-0.1, -0.05) is 17.7 Å². The molecule has 2 rings (SSSR count). The van der Waals surface area contributed by atoms with Gasteiger partial charge in [0.2, 0.25) is 5.88 Å².